The Bertz CT molecular complexity index is 996. The van der Waals surface area contributed by atoms with E-state index in [1.165, 1.54) is 32.9 Å². The summed E-state index contributed by atoms with van der Waals surface area (Å²) >= 11 is 0. The zero-order chi connectivity index (χ0) is 24.9. The van der Waals surface area contributed by atoms with Crippen LogP contribution in [0.2, 0.25) is 0 Å². The molecule has 0 aromatic rings. The minimum Gasteiger partial charge on any atom is -0.458 e. The van der Waals surface area contributed by atoms with Gasteiger partial charge in [0.2, 0.25) is 0 Å². The number of ketones is 1. The maximum absolute atomic E-state index is 13.0. The minimum absolute atomic E-state index is 0.00237. The van der Waals surface area contributed by atoms with E-state index in [1.807, 2.05) is 13.8 Å². The number of ether oxygens (including phenoxy) is 2. The van der Waals surface area contributed by atoms with E-state index in [2.05, 4.69) is 0 Å². The van der Waals surface area contributed by atoms with Crippen molar-refractivity contribution in [3.05, 3.63) is 23.3 Å². The molecule has 4 aliphatic carbocycles. The molecule has 2 fully saturated rings. The summed E-state index contributed by atoms with van der Waals surface area (Å²) in [6.07, 6.45) is 0.111. The molecule has 0 heterocycles. The van der Waals surface area contributed by atoms with Crippen molar-refractivity contribution in [2.24, 2.45) is 29.1 Å². The number of carbonyl (C=O) groups excluding carboxylic acids is 3. The van der Waals surface area contributed by atoms with E-state index >= 15 is 0 Å². The zero-order valence-corrected chi connectivity index (χ0v) is 19.7. The van der Waals surface area contributed by atoms with Crippen LogP contribution in [-0.4, -0.2) is 73.8 Å². The summed E-state index contributed by atoms with van der Waals surface area (Å²) < 4.78 is 11.5. The number of fused-ring (bicyclic) bond motifs is 5. The fraction of sp³-hybridized carbons (Fsp3) is 0.708. The molecule has 9 nitrogen and oxygen atoms in total. The molecule has 9 heteroatoms. The number of aliphatic hydroxyl groups is 4. The van der Waals surface area contributed by atoms with Crippen LogP contribution in [0.3, 0.4) is 0 Å². The molecule has 0 aromatic carbocycles. The van der Waals surface area contributed by atoms with Crippen LogP contribution in [0.25, 0.3) is 0 Å². The van der Waals surface area contributed by atoms with Crippen molar-refractivity contribution >= 4 is 17.7 Å². The lowest BCUT2D eigenvalue weighted by molar-refractivity contribution is -0.232. The van der Waals surface area contributed by atoms with Gasteiger partial charge in [0.05, 0.1) is 12.2 Å². The Morgan fingerprint density at radius 1 is 1.12 bits per heavy atom. The lowest BCUT2D eigenvalue weighted by Gasteiger charge is -2.53. The lowest BCUT2D eigenvalue weighted by Crippen LogP contribution is -2.67. The van der Waals surface area contributed by atoms with E-state index in [1.54, 1.807) is 6.92 Å². The van der Waals surface area contributed by atoms with Gasteiger partial charge in [-0.15, -0.1) is 0 Å². The highest BCUT2D eigenvalue weighted by Crippen LogP contribution is 2.77. The normalized spacial score (nSPS) is 47.3. The number of rotatable bonds is 3. The van der Waals surface area contributed by atoms with Crippen molar-refractivity contribution in [2.75, 3.05) is 6.61 Å². The molecule has 9 atom stereocenters. The average Bonchev–Trinajstić information content (AvgIpc) is 3.11. The maximum Gasteiger partial charge on any atom is 0.303 e. The van der Waals surface area contributed by atoms with Crippen molar-refractivity contribution in [1.82, 2.24) is 0 Å². The molecule has 0 saturated heterocycles. The molecule has 182 valence electrons. The van der Waals surface area contributed by atoms with Gasteiger partial charge in [-0.1, -0.05) is 32.9 Å². The molecular formula is C24H32O9. The summed E-state index contributed by atoms with van der Waals surface area (Å²) in [7, 11) is 0. The third-order valence-corrected chi connectivity index (χ3v) is 8.72. The van der Waals surface area contributed by atoms with Crippen molar-refractivity contribution in [2.45, 2.75) is 70.6 Å². The molecule has 4 rings (SSSR count). The Kier molecular flexibility index (Phi) is 5.09. The molecule has 0 amide bonds. The van der Waals surface area contributed by atoms with Crippen molar-refractivity contribution in [1.29, 1.82) is 0 Å². The van der Waals surface area contributed by atoms with Crippen LogP contribution in [0.4, 0.5) is 0 Å². The summed E-state index contributed by atoms with van der Waals surface area (Å²) in [6, 6.07) is 0. The molecule has 0 radical (unpaired) electrons. The third-order valence-electron chi connectivity index (χ3n) is 8.72. The fourth-order valence-corrected chi connectivity index (χ4v) is 7.25. The van der Waals surface area contributed by atoms with Crippen LogP contribution >= 0.6 is 0 Å². The molecule has 4 N–H and O–H groups in total. The van der Waals surface area contributed by atoms with Crippen molar-refractivity contribution in [3.8, 4) is 0 Å². The summed E-state index contributed by atoms with van der Waals surface area (Å²) in [5.74, 6) is -5.54. The highest BCUT2D eigenvalue weighted by Gasteiger charge is 2.88. The number of aliphatic hydroxyl groups excluding tert-OH is 2. The van der Waals surface area contributed by atoms with Gasteiger partial charge in [0.1, 0.15) is 12.2 Å². The van der Waals surface area contributed by atoms with Gasteiger partial charge < -0.3 is 29.9 Å². The van der Waals surface area contributed by atoms with Gasteiger partial charge in [-0.2, -0.15) is 0 Å². The van der Waals surface area contributed by atoms with E-state index < -0.39 is 82.4 Å². The predicted molar refractivity (Wildman–Crippen MR) is 113 cm³/mol. The van der Waals surface area contributed by atoms with Gasteiger partial charge >= 0.3 is 11.9 Å². The zero-order valence-electron chi connectivity index (χ0n) is 19.7. The Labute approximate surface area is 192 Å². The van der Waals surface area contributed by atoms with Gasteiger partial charge in [0.15, 0.2) is 17.0 Å². The summed E-state index contributed by atoms with van der Waals surface area (Å²) in [6.45, 7) is 8.59. The van der Waals surface area contributed by atoms with E-state index in [0.717, 1.165) is 0 Å². The molecule has 0 bridgehead atoms. The molecule has 0 aliphatic heterocycles. The third kappa shape index (κ3) is 2.65. The SMILES string of the molecule is CC(=O)O[C@@H]1[C@@H](C)[C@]2(O)[C@@H]3C=C(C)C(=O)[C@@]3(O)[C@H](O)C(CO)=C[C@H]2[C@@H]2C(C)(C)[C@]12OC(C)=O. The molecule has 2 saturated carbocycles. The van der Waals surface area contributed by atoms with E-state index in [0.29, 0.717) is 0 Å². The van der Waals surface area contributed by atoms with Crippen molar-refractivity contribution < 1.29 is 44.3 Å². The maximum atomic E-state index is 13.0. The predicted octanol–water partition coefficient (Wildman–Crippen LogP) is 0.0425. The van der Waals surface area contributed by atoms with Crippen LogP contribution in [0.15, 0.2) is 23.3 Å². The second-order valence-electron chi connectivity index (χ2n) is 10.6. The van der Waals surface area contributed by atoms with Gasteiger partial charge in [-0.25, -0.2) is 0 Å². The Morgan fingerprint density at radius 2 is 1.73 bits per heavy atom. The summed E-state index contributed by atoms with van der Waals surface area (Å²) in [5, 5.41) is 45.0. The number of carbonyl (C=O) groups is 3. The first-order chi connectivity index (χ1) is 15.1. The van der Waals surface area contributed by atoms with Crippen LogP contribution < -0.4 is 0 Å². The number of hydrogen-bond acceptors (Lipinski definition) is 9. The van der Waals surface area contributed by atoms with Gasteiger partial charge in [-0.05, 0) is 18.1 Å². The number of Topliss-reactive ketones (excluding diaryl/α,β-unsaturated/α-hetero) is 1. The molecule has 0 unspecified atom stereocenters. The fourth-order valence-electron chi connectivity index (χ4n) is 7.25. The Hall–Kier alpha value is -2.07. The molecule has 33 heavy (non-hydrogen) atoms. The molecule has 0 aromatic heterocycles. The Balaban J connectivity index is 2.01. The first-order valence-electron chi connectivity index (χ1n) is 11.2. The van der Waals surface area contributed by atoms with Crippen LogP contribution in [0.1, 0.15) is 41.5 Å². The second kappa shape index (κ2) is 6.97. The largest absolute Gasteiger partial charge is 0.458 e. The van der Waals surface area contributed by atoms with E-state index in [-0.39, 0.29) is 11.1 Å². The topological polar surface area (TPSA) is 151 Å². The smallest absolute Gasteiger partial charge is 0.303 e. The second-order valence-corrected chi connectivity index (χ2v) is 10.6. The van der Waals surface area contributed by atoms with E-state index in [9.17, 15) is 34.8 Å². The lowest BCUT2D eigenvalue weighted by atomic mass is 9.58. The van der Waals surface area contributed by atoms with Crippen LogP contribution in [0.5, 0.6) is 0 Å². The molecular weight excluding hydrogens is 432 g/mol. The monoisotopic (exact) mass is 464 g/mol. The van der Waals surface area contributed by atoms with Crippen LogP contribution in [-0.2, 0) is 23.9 Å². The van der Waals surface area contributed by atoms with Crippen LogP contribution in [0, 0.1) is 29.1 Å². The van der Waals surface area contributed by atoms with Crippen molar-refractivity contribution in [3.63, 3.8) is 0 Å². The van der Waals surface area contributed by atoms with Gasteiger partial charge in [0, 0.05) is 42.9 Å². The first-order valence-corrected chi connectivity index (χ1v) is 11.2. The summed E-state index contributed by atoms with van der Waals surface area (Å²) in [5.41, 5.74) is -6.14. The number of esters is 2. The van der Waals surface area contributed by atoms with Gasteiger partial charge in [0.25, 0.3) is 0 Å². The molecule has 0 spiro atoms. The minimum atomic E-state index is -2.41. The highest BCUT2D eigenvalue weighted by molar-refractivity contribution is 6.05. The standard InChI is InChI=1S/C24H32O9/c1-10-7-16-22(30)11(2)20(32-12(3)26)24(33-13(4)27)17(21(24,5)6)15(22)8-14(9-25)19(29)23(16,31)18(10)28/h7-8,11,15-17,19-20,25,29-31H,9H2,1-6H3/t11-,15+,16+,17-,19-,20-,22-,23-,24-/m1/s1. The number of hydrogen-bond donors (Lipinski definition) is 4. The highest BCUT2D eigenvalue weighted by atomic mass is 16.6. The Morgan fingerprint density at radius 3 is 2.24 bits per heavy atom. The average molecular weight is 465 g/mol. The summed E-state index contributed by atoms with van der Waals surface area (Å²) in [4.78, 5) is 37.3. The molecule has 4 aliphatic rings. The van der Waals surface area contributed by atoms with Gasteiger partial charge in [-0.3, -0.25) is 14.4 Å². The van der Waals surface area contributed by atoms with E-state index in [4.69, 9.17) is 9.47 Å². The quantitative estimate of drug-likeness (QED) is 0.335. The first kappa shape index (κ1) is 24.1.